The highest BCUT2D eigenvalue weighted by Crippen LogP contribution is 2.15. The van der Waals surface area contributed by atoms with E-state index in [4.69, 9.17) is 0 Å². The van der Waals surface area contributed by atoms with Crippen molar-refractivity contribution in [2.45, 2.75) is 33.1 Å². The summed E-state index contributed by atoms with van der Waals surface area (Å²) >= 11 is 0. The van der Waals surface area contributed by atoms with Crippen LogP contribution < -0.4 is 10.6 Å². The molecule has 0 radical (unpaired) electrons. The van der Waals surface area contributed by atoms with Crippen LogP contribution in [0.4, 0.5) is 0 Å². The third kappa shape index (κ3) is 6.78. The molecule has 0 saturated carbocycles. The van der Waals surface area contributed by atoms with Gasteiger partial charge in [0.25, 0.3) is 0 Å². The van der Waals surface area contributed by atoms with Crippen molar-refractivity contribution in [3.63, 3.8) is 0 Å². The molecule has 2 N–H and O–H groups in total. The highest BCUT2D eigenvalue weighted by molar-refractivity contribution is 5.85. The lowest BCUT2D eigenvalue weighted by molar-refractivity contribution is -0.136. The molecule has 1 rings (SSSR count). The largest absolute Gasteiger partial charge is 0.355 e. The van der Waals surface area contributed by atoms with Gasteiger partial charge in [0, 0.05) is 19.5 Å². The predicted molar refractivity (Wildman–Crippen MR) is 78.4 cm³/mol. The minimum Gasteiger partial charge on any atom is -0.355 e. The zero-order chi connectivity index (χ0) is 13.4. The van der Waals surface area contributed by atoms with Crippen molar-refractivity contribution in [3.05, 3.63) is 0 Å². The van der Waals surface area contributed by atoms with Crippen molar-refractivity contribution < 1.29 is 9.59 Å². The second kappa shape index (κ2) is 10.0. The van der Waals surface area contributed by atoms with Gasteiger partial charge < -0.3 is 15.5 Å². The molecule has 2 amide bonds. The third-order valence-electron chi connectivity index (χ3n) is 3.37. The topological polar surface area (TPSA) is 61.4 Å². The fourth-order valence-electron chi connectivity index (χ4n) is 2.25. The SMILES string of the molecule is CCNC(=O)CN(CC)C(=O)CCC1CCNC1.Cl. The van der Waals surface area contributed by atoms with Gasteiger partial charge in [-0.05, 0) is 45.7 Å². The molecule has 0 spiro atoms. The van der Waals surface area contributed by atoms with E-state index in [0.717, 1.165) is 25.9 Å². The van der Waals surface area contributed by atoms with Crippen LogP contribution >= 0.6 is 12.4 Å². The molecule has 1 unspecified atom stereocenters. The number of carbonyl (C=O) groups excluding carboxylic acids is 2. The Kier molecular flexibility index (Phi) is 9.61. The first-order valence-corrected chi connectivity index (χ1v) is 6.92. The maximum absolute atomic E-state index is 12.0. The van der Waals surface area contributed by atoms with Crippen LogP contribution in [-0.2, 0) is 9.59 Å². The molecule has 1 atom stereocenters. The predicted octanol–water partition coefficient (Wildman–Crippen LogP) is 0.782. The summed E-state index contributed by atoms with van der Waals surface area (Å²) < 4.78 is 0. The van der Waals surface area contributed by atoms with Gasteiger partial charge in [-0.1, -0.05) is 0 Å². The van der Waals surface area contributed by atoms with Crippen LogP contribution in [0.25, 0.3) is 0 Å². The van der Waals surface area contributed by atoms with Crippen LogP contribution in [0.1, 0.15) is 33.1 Å². The Morgan fingerprint density at radius 2 is 2.11 bits per heavy atom. The fraction of sp³-hybridized carbons (Fsp3) is 0.846. The summed E-state index contributed by atoms with van der Waals surface area (Å²) in [5.74, 6) is 0.642. The monoisotopic (exact) mass is 291 g/mol. The van der Waals surface area contributed by atoms with Crippen molar-refractivity contribution in [3.8, 4) is 0 Å². The summed E-state index contributed by atoms with van der Waals surface area (Å²) in [5.41, 5.74) is 0. The summed E-state index contributed by atoms with van der Waals surface area (Å²) in [4.78, 5) is 25.1. The summed E-state index contributed by atoms with van der Waals surface area (Å²) in [6, 6.07) is 0. The Bertz CT molecular complexity index is 281. The van der Waals surface area contributed by atoms with Gasteiger partial charge in [0.1, 0.15) is 0 Å². The third-order valence-corrected chi connectivity index (χ3v) is 3.37. The van der Waals surface area contributed by atoms with E-state index in [1.807, 2.05) is 13.8 Å². The molecule has 0 aliphatic carbocycles. The van der Waals surface area contributed by atoms with Crippen LogP contribution in [0.15, 0.2) is 0 Å². The van der Waals surface area contributed by atoms with Crippen LogP contribution in [-0.4, -0.2) is 49.4 Å². The number of rotatable bonds is 7. The highest BCUT2D eigenvalue weighted by atomic mass is 35.5. The second-order valence-electron chi connectivity index (χ2n) is 4.76. The maximum atomic E-state index is 12.0. The zero-order valence-electron chi connectivity index (χ0n) is 11.9. The molecule has 5 nitrogen and oxygen atoms in total. The number of carbonyl (C=O) groups is 2. The van der Waals surface area contributed by atoms with E-state index in [-0.39, 0.29) is 30.8 Å². The van der Waals surface area contributed by atoms with Gasteiger partial charge >= 0.3 is 0 Å². The van der Waals surface area contributed by atoms with E-state index in [2.05, 4.69) is 10.6 Å². The van der Waals surface area contributed by atoms with Gasteiger partial charge in [0.05, 0.1) is 6.54 Å². The average molecular weight is 292 g/mol. The van der Waals surface area contributed by atoms with Crippen molar-refractivity contribution in [2.24, 2.45) is 5.92 Å². The molecule has 1 fully saturated rings. The minimum absolute atomic E-state index is 0. The van der Waals surface area contributed by atoms with Crippen LogP contribution in [0.5, 0.6) is 0 Å². The lowest BCUT2D eigenvalue weighted by Crippen LogP contribution is -2.40. The fourth-order valence-corrected chi connectivity index (χ4v) is 2.25. The van der Waals surface area contributed by atoms with Crippen LogP contribution in [0, 0.1) is 5.92 Å². The number of halogens is 1. The standard InChI is InChI=1S/C13H25N3O2.ClH/c1-3-15-12(17)10-16(4-2)13(18)6-5-11-7-8-14-9-11;/h11,14H,3-10H2,1-2H3,(H,15,17);1H. The smallest absolute Gasteiger partial charge is 0.239 e. The van der Waals surface area contributed by atoms with Gasteiger partial charge in [-0.2, -0.15) is 0 Å². The summed E-state index contributed by atoms with van der Waals surface area (Å²) in [5, 5.41) is 6.02. The molecule has 1 saturated heterocycles. The second-order valence-corrected chi connectivity index (χ2v) is 4.76. The molecule has 19 heavy (non-hydrogen) atoms. The van der Waals surface area contributed by atoms with Crippen LogP contribution in [0.3, 0.4) is 0 Å². The lowest BCUT2D eigenvalue weighted by Gasteiger charge is -2.21. The van der Waals surface area contributed by atoms with Crippen molar-refractivity contribution >= 4 is 24.2 Å². The molecule has 0 aromatic rings. The van der Waals surface area contributed by atoms with Crippen molar-refractivity contribution in [1.29, 1.82) is 0 Å². The first kappa shape index (κ1) is 18.2. The molecule has 1 aliphatic heterocycles. The molecule has 0 aromatic carbocycles. The minimum atomic E-state index is -0.0739. The Morgan fingerprint density at radius 3 is 2.63 bits per heavy atom. The molecule has 6 heteroatoms. The Morgan fingerprint density at radius 1 is 1.37 bits per heavy atom. The van der Waals surface area contributed by atoms with E-state index < -0.39 is 0 Å². The summed E-state index contributed by atoms with van der Waals surface area (Å²) in [6.45, 7) is 7.27. The first-order chi connectivity index (χ1) is 8.67. The normalized spacial score (nSPS) is 17.7. The van der Waals surface area contributed by atoms with Gasteiger partial charge in [-0.15, -0.1) is 12.4 Å². The molecular weight excluding hydrogens is 266 g/mol. The van der Waals surface area contributed by atoms with E-state index in [1.165, 1.54) is 0 Å². The summed E-state index contributed by atoms with van der Waals surface area (Å²) in [6.07, 6.45) is 2.65. The van der Waals surface area contributed by atoms with Gasteiger partial charge in [0.15, 0.2) is 0 Å². The molecule has 0 aromatic heterocycles. The van der Waals surface area contributed by atoms with E-state index in [1.54, 1.807) is 4.90 Å². The zero-order valence-corrected chi connectivity index (χ0v) is 12.7. The molecule has 1 aliphatic rings. The van der Waals surface area contributed by atoms with E-state index >= 15 is 0 Å². The number of amides is 2. The molecular formula is C13H26ClN3O2. The van der Waals surface area contributed by atoms with Crippen LogP contribution in [0.2, 0.25) is 0 Å². The first-order valence-electron chi connectivity index (χ1n) is 6.92. The van der Waals surface area contributed by atoms with E-state index in [0.29, 0.717) is 25.4 Å². The summed E-state index contributed by atoms with van der Waals surface area (Å²) in [7, 11) is 0. The number of hydrogen-bond donors (Lipinski definition) is 2. The number of nitrogens with one attached hydrogen (secondary N) is 2. The molecule has 1 heterocycles. The van der Waals surface area contributed by atoms with Gasteiger partial charge in [-0.3, -0.25) is 9.59 Å². The van der Waals surface area contributed by atoms with Gasteiger partial charge in [-0.25, -0.2) is 0 Å². The van der Waals surface area contributed by atoms with Crippen molar-refractivity contribution in [2.75, 3.05) is 32.7 Å². The Labute approximate surface area is 121 Å². The lowest BCUT2D eigenvalue weighted by atomic mass is 10.0. The maximum Gasteiger partial charge on any atom is 0.239 e. The highest BCUT2D eigenvalue weighted by Gasteiger charge is 2.19. The Balaban J connectivity index is 0.00000324. The van der Waals surface area contributed by atoms with Gasteiger partial charge in [0.2, 0.25) is 11.8 Å². The number of likely N-dealkylation sites (N-methyl/N-ethyl adjacent to an activating group) is 2. The number of hydrogen-bond acceptors (Lipinski definition) is 3. The Hall–Kier alpha value is -0.810. The quantitative estimate of drug-likeness (QED) is 0.729. The van der Waals surface area contributed by atoms with Crippen molar-refractivity contribution in [1.82, 2.24) is 15.5 Å². The molecule has 112 valence electrons. The molecule has 0 bridgehead atoms. The van der Waals surface area contributed by atoms with E-state index in [9.17, 15) is 9.59 Å². The average Bonchev–Trinajstić information content (AvgIpc) is 2.86. The number of nitrogens with zero attached hydrogens (tertiary/aromatic N) is 1.